The molecule has 0 heterocycles. The van der Waals surface area contributed by atoms with Gasteiger partial charge in [0.2, 0.25) is 0 Å². The zero-order chi connectivity index (χ0) is 10.8. The van der Waals surface area contributed by atoms with E-state index in [1.807, 2.05) is 24.3 Å². The van der Waals surface area contributed by atoms with Crippen LogP contribution in [0.1, 0.15) is 11.1 Å². The molecule has 3 heteroatoms. The first-order chi connectivity index (χ1) is 7.26. The van der Waals surface area contributed by atoms with E-state index < -0.39 is 5.92 Å². The van der Waals surface area contributed by atoms with E-state index in [4.69, 9.17) is 10.00 Å². The SMILES string of the molecule is COc1cccc2c1CC(C#N)C(=O)C2. The van der Waals surface area contributed by atoms with Gasteiger partial charge >= 0.3 is 0 Å². The molecule has 0 amide bonds. The first kappa shape index (κ1) is 9.72. The molecule has 0 radical (unpaired) electrons. The molecular weight excluding hydrogens is 190 g/mol. The van der Waals surface area contributed by atoms with Crippen LogP contribution in [0.25, 0.3) is 0 Å². The third-order valence-electron chi connectivity index (χ3n) is 2.77. The van der Waals surface area contributed by atoms with Gasteiger partial charge in [-0.25, -0.2) is 0 Å². The highest BCUT2D eigenvalue weighted by Crippen LogP contribution is 2.30. The number of ketones is 1. The van der Waals surface area contributed by atoms with E-state index in [1.54, 1.807) is 7.11 Å². The third kappa shape index (κ3) is 1.59. The van der Waals surface area contributed by atoms with Crippen molar-refractivity contribution in [2.24, 2.45) is 5.92 Å². The van der Waals surface area contributed by atoms with Crippen LogP contribution in [-0.4, -0.2) is 12.9 Å². The van der Waals surface area contributed by atoms with Crippen molar-refractivity contribution in [2.45, 2.75) is 12.8 Å². The summed E-state index contributed by atoms with van der Waals surface area (Å²) in [7, 11) is 1.60. The largest absolute Gasteiger partial charge is 0.496 e. The van der Waals surface area contributed by atoms with Crippen LogP contribution in [0.2, 0.25) is 0 Å². The molecule has 0 aliphatic heterocycles. The van der Waals surface area contributed by atoms with Crippen molar-refractivity contribution in [1.82, 2.24) is 0 Å². The van der Waals surface area contributed by atoms with Crippen LogP contribution < -0.4 is 4.74 Å². The van der Waals surface area contributed by atoms with E-state index in [9.17, 15) is 4.79 Å². The molecule has 3 nitrogen and oxygen atoms in total. The molecule has 0 bridgehead atoms. The van der Waals surface area contributed by atoms with Crippen LogP contribution in [-0.2, 0) is 17.6 Å². The van der Waals surface area contributed by atoms with Gasteiger partial charge in [0, 0.05) is 6.42 Å². The summed E-state index contributed by atoms with van der Waals surface area (Å²) in [5, 5.41) is 8.84. The lowest BCUT2D eigenvalue weighted by Gasteiger charge is -2.20. The van der Waals surface area contributed by atoms with Crippen molar-refractivity contribution in [2.75, 3.05) is 7.11 Å². The van der Waals surface area contributed by atoms with Crippen molar-refractivity contribution in [3.63, 3.8) is 0 Å². The fourth-order valence-electron chi connectivity index (χ4n) is 1.95. The number of nitrogens with zero attached hydrogens (tertiary/aromatic N) is 1. The van der Waals surface area contributed by atoms with Gasteiger partial charge < -0.3 is 4.74 Å². The number of fused-ring (bicyclic) bond motifs is 1. The zero-order valence-corrected chi connectivity index (χ0v) is 8.49. The molecule has 0 saturated heterocycles. The Morgan fingerprint density at radius 1 is 1.53 bits per heavy atom. The Morgan fingerprint density at radius 2 is 2.33 bits per heavy atom. The summed E-state index contributed by atoms with van der Waals surface area (Å²) in [4.78, 5) is 11.5. The van der Waals surface area contributed by atoms with Crippen molar-refractivity contribution in [3.05, 3.63) is 29.3 Å². The lowest BCUT2D eigenvalue weighted by molar-refractivity contribution is -0.121. The number of rotatable bonds is 1. The molecule has 76 valence electrons. The molecule has 1 unspecified atom stereocenters. The average Bonchev–Trinajstić information content (AvgIpc) is 2.27. The highest BCUT2D eigenvalue weighted by atomic mass is 16.5. The molecule has 0 saturated carbocycles. The summed E-state index contributed by atoms with van der Waals surface area (Å²) in [6.45, 7) is 0. The first-order valence-corrected chi connectivity index (χ1v) is 4.83. The maximum absolute atomic E-state index is 11.5. The van der Waals surface area contributed by atoms with Crippen molar-refractivity contribution < 1.29 is 9.53 Å². The molecule has 1 aromatic rings. The molecule has 1 aromatic carbocycles. The summed E-state index contributed by atoms with van der Waals surface area (Å²) in [5.74, 6) is 0.285. The predicted molar refractivity (Wildman–Crippen MR) is 54.5 cm³/mol. The lowest BCUT2D eigenvalue weighted by Crippen LogP contribution is -2.24. The Labute approximate surface area is 88.3 Å². The minimum atomic E-state index is -0.506. The fraction of sp³-hybridized carbons (Fsp3) is 0.333. The van der Waals surface area contributed by atoms with E-state index in [1.165, 1.54) is 0 Å². The number of methoxy groups -OCH3 is 1. The number of carbonyl (C=O) groups excluding carboxylic acids is 1. The number of hydrogen-bond acceptors (Lipinski definition) is 3. The second kappa shape index (κ2) is 3.74. The number of ether oxygens (including phenoxy) is 1. The van der Waals surface area contributed by atoms with Crippen LogP contribution in [0.4, 0.5) is 0 Å². The Bertz CT molecular complexity index is 445. The smallest absolute Gasteiger partial charge is 0.154 e. The van der Waals surface area contributed by atoms with Gasteiger partial charge in [-0.3, -0.25) is 4.79 Å². The number of carbonyl (C=O) groups is 1. The van der Waals surface area contributed by atoms with Crippen LogP contribution in [0.3, 0.4) is 0 Å². The van der Waals surface area contributed by atoms with E-state index in [2.05, 4.69) is 0 Å². The molecule has 0 spiro atoms. The van der Waals surface area contributed by atoms with Gasteiger partial charge in [0.25, 0.3) is 0 Å². The Kier molecular flexibility index (Phi) is 2.42. The minimum absolute atomic E-state index is 0.0123. The molecule has 1 atom stereocenters. The van der Waals surface area contributed by atoms with Crippen LogP contribution in [0.5, 0.6) is 5.75 Å². The molecule has 2 rings (SSSR count). The Balaban J connectivity index is 2.46. The first-order valence-electron chi connectivity index (χ1n) is 4.83. The molecule has 1 aliphatic rings. The van der Waals surface area contributed by atoms with Crippen LogP contribution in [0, 0.1) is 17.2 Å². The highest BCUT2D eigenvalue weighted by molar-refractivity contribution is 5.88. The number of hydrogen-bond donors (Lipinski definition) is 0. The molecule has 15 heavy (non-hydrogen) atoms. The van der Waals surface area contributed by atoms with Crippen LogP contribution in [0.15, 0.2) is 18.2 Å². The van der Waals surface area contributed by atoms with Crippen molar-refractivity contribution >= 4 is 5.78 Å². The van der Waals surface area contributed by atoms with Crippen LogP contribution >= 0.6 is 0 Å². The maximum Gasteiger partial charge on any atom is 0.154 e. The normalized spacial score (nSPS) is 19.2. The van der Waals surface area contributed by atoms with Crippen molar-refractivity contribution in [3.8, 4) is 11.8 Å². The van der Waals surface area contributed by atoms with E-state index in [0.29, 0.717) is 12.8 Å². The van der Waals surface area contributed by atoms with E-state index in [0.717, 1.165) is 16.9 Å². The standard InChI is InChI=1S/C12H11NO2/c1-15-12-4-2-3-8-6-11(14)9(7-13)5-10(8)12/h2-4,9H,5-6H2,1H3. The van der Waals surface area contributed by atoms with Gasteiger partial charge in [-0.15, -0.1) is 0 Å². The fourth-order valence-corrected chi connectivity index (χ4v) is 1.95. The summed E-state index contributed by atoms with van der Waals surface area (Å²) in [5.41, 5.74) is 2.00. The third-order valence-corrected chi connectivity index (χ3v) is 2.77. The minimum Gasteiger partial charge on any atom is -0.496 e. The molecule has 0 aromatic heterocycles. The summed E-state index contributed by atoms with van der Waals surface area (Å²) >= 11 is 0. The summed E-state index contributed by atoms with van der Waals surface area (Å²) in [6, 6.07) is 7.70. The van der Waals surface area contributed by atoms with Gasteiger partial charge in [0.05, 0.1) is 13.2 Å². The molecule has 0 fully saturated rings. The summed E-state index contributed by atoms with van der Waals surface area (Å²) in [6.07, 6.45) is 0.833. The quantitative estimate of drug-likeness (QED) is 0.691. The van der Waals surface area contributed by atoms with Gasteiger partial charge in [-0.1, -0.05) is 12.1 Å². The predicted octanol–water partition coefficient (Wildman–Crippen LogP) is 1.50. The number of Topliss-reactive ketones (excluding diaryl/α,β-unsaturated/α-hetero) is 1. The van der Waals surface area contributed by atoms with Crippen molar-refractivity contribution in [1.29, 1.82) is 5.26 Å². The van der Waals surface area contributed by atoms with Gasteiger partial charge in [-0.05, 0) is 23.6 Å². The highest BCUT2D eigenvalue weighted by Gasteiger charge is 2.27. The average molecular weight is 201 g/mol. The zero-order valence-electron chi connectivity index (χ0n) is 8.49. The van der Waals surface area contributed by atoms with E-state index in [-0.39, 0.29) is 5.78 Å². The second-order valence-corrected chi connectivity index (χ2v) is 3.63. The molecule has 0 N–H and O–H groups in total. The maximum atomic E-state index is 11.5. The Hall–Kier alpha value is -1.82. The van der Waals surface area contributed by atoms with Gasteiger partial charge in [0.15, 0.2) is 5.78 Å². The summed E-state index contributed by atoms with van der Waals surface area (Å²) < 4.78 is 5.22. The second-order valence-electron chi connectivity index (χ2n) is 3.63. The van der Waals surface area contributed by atoms with E-state index >= 15 is 0 Å². The lowest BCUT2D eigenvalue weighted by atomic mass is 9.83. The number of benzene rings is 1. The Morgan fingerprint density at radius 3 is 3.00 bits per heavy atom. The number of nitriles is 1. The monoisotopic (exact) mass is 201 g/mol. The molecular formula is C12H11NO2. The van der Waals surface area contributed by atoms with Gasteiger partial charge in [0.1, 0.15) is 11.7 Å². The molecule has 1 aliphatic carbocycles. The van der Waals surface area contributed by atoms with Gasteiger partial charge in [-0.2, -0.15) is 5.26 Å². The topological polar surface area (TPSA) is 50.1 Å².